The molecule has 0 fully saturated rings. The molecule has 3 heteroatoms. The number of hydrogen-bond donors (Lipinski definition) is 2. The number of nitrogens with one attached hydrogen (secondary N) is 1. The molecule has 0 aliphatic rings. The Balaban J connectivity index is 3.97. The standard InChI is InChI=1S/C8H17NO2/c1-4-6(3)7(8(10)11)9-5-2/h6-7,9H,4-5H2,1-3H3,(H,10,11)/t6-,7?/m1/s1. The normalized spacial score (nSPS) is 15.9. The number of likely N-dealkylation sites (N-methyl/N-ethyl adjacent to an activating group) is 1. The van der Waals surface area contributed by atoms with E-state index >= 15 is 0 Å². The zero-order valence-electron chi connectivity index (χ0n) is 7.42. The second-order valence-electron chi connectivity index (χ2n) is 2.76. The van der Waals surface area contributed by atoms with Crippen molar-refractivity contribution in [3.8, 4) is 0 Å². The second-order valence-corrected chi connectivity index (χ2v) is 2.76. The van der Waals surface area contributed by atoms with Gasteiger partial charge in [-0.2, -0.15) is 0 Å². The average Bonchev–Trinajstić information content (AvgIpc) is 1.98. The van der Waals surface area contributed by atoms with E-state index in [1.165, 1.54) is 0 Å². The number of carbonyl (C=O) groups is 1. The number of aliphatic carboxylic acids is 1. The van der Waals surface area contributed by atoms with Crippen molar-refractivity contribution >= 4 is 5.97 Å². The first kappa shape index (κ1) is 10.4. The summed E-state index contributed by atoms with van der Waals surface area (Å²) in [5.41, 5.74) is 0. The molecule has 66 valence electrons. The van der Waals surface area contributed by atoms with E-state index in [0.717, 1.165) is 6.42 Å². The third-order valence-corrected chi connectivity index (χ3v) is 1.90. The first-order valence-electron chi connectivity index (χ1n) is 4.09. The lowest BCUT2D eigenvalue weighted by molar-refractivity contribution is -0.140. The third-order valence-electron chi connectivity index (χ3n) is 1.90. The number of rotatable bonds is 5. The van der Waals surface area contributed by atoms with Crippen LogP contribution in [-0.4, -0.2) is 23.7 Å². The van der Waals surface area contributed by atoms with Crippen LogP contribution < -0.4 is 5.32 Å². The van der Waals surface area contributed by atoms with E-state index in [1.807, 2.05) is 20.8 Å². The van der Waals surface area contributed by atoms with Gasteiger partial charge < -0.3 is 10.4 Å². The van der Waals surface area contributed by atoms with Crippen LogP contribution in [0.25, 0.3) is 0 Å². The monoisotopic (exact) mass is 159 g/mol. The van der Waals surface area contributed by atoms with Crippen molar-refractivity contribution in [2.75, 3.05) is 6.54 Å². The van der Waals surface area contributed by atoms with Crippen LogP contribution in [0.3, 0.4) is 0 Å². The lowest BCUT2D eigenvalue weighted by Gasteiger charge is -2.18. The first-order chi connectivity index (χ1) is 5.13. The smallest absolute Gasteiger partial charge is 0.320 e. The van der Waals surface area contributed by atoms with Gasteiger partial charge in [-0.05, 0) is 12.5 Å². The van der Waals surface area contributed by atoms with E-state index in [9.17, 15) is 4.79 Å². The predicted octanol–water partition coefficient (Wildman–Crippen LogP) is 1.10. The maximum Gasteiger partial charge on any atom is 0.320 e. The molecular weight excluding hydrogens is 142 g/mol. The Morgan fingerprint density at radius 3 is 2.36 bits per heavy atom. The SMILES string of the molecule is CCNC(C(=O)O)[C@H](C)CC. The van der Waals surface area contributed by atoms with Crippen molar-refractivity contribution < 1.29 is 9.90 Å². The Bertz CT molecular complexity index is 125. The van der Waals surface area contributed by atoms with E-state index < -0.39 is 5.97 Å². The molecule has 0 heterocycles. The molecule has 2 N–H and O–H groups in total. The Morgan fingerprint density at radius 1 is 1.55 bits per heavy atom. The highest BCUT2D eigenvalue weighted by Gasteiger charge is 2.21. The van der Waals surface area contributed by atoms with Crippen molar-refractivity contribution in [3.63, 3.8) is 0 Å². The van der Waals surface area contributed by atoms with Gasteiger partial charge in [0.05, 0.1) is 0 Å². The summed E-state index contributed by atoms with van der Waals surface area (Å²) in [7, 11) is 0. The molecule has 0 aromatic rings. The molecule has 0 rings (SSSR count). The fourth-order valence-corrected chi connectivity index (χ4v) is 0.988. The summed E-state index contributed by atoms with van der Waals surface area (Å²) >= 11 is 0. The summed E-state index contributed by atoms with van der Waals surface area (Å²) < 4.78 is 0. The van der Waals surface area contributed by atoms with Gasteiger partial charge in [0.15, 0.2) is 0 Å². The summed E-state index contributed by atoms with van der Waals surface area (Å²) in [5, 5.41) is 11.7. The van der Waals surface area contributed by atoms with Crippen LogP contribution in [0.4, 0.5) is 0 Å². The minimum absolute atomic E-state index is 0.201. The molecule has 0 radical (unpaired) electrons. The second kappa shape index (κ2) is 5.13. The molecule has 0 saturated heterocycles. The van der Waals surface area contributed by atoms with Gasteiger partial charge in [0.25, 0.3) is 0 Å². The van der Waals surface area contributed by atoms with E-state index in [2.05, 4.69) is 5.32 Å². The minimum Gasteiger partial charge on any atom is -0.480 e. The third kappa shape index (κ3) is 3.37. The topological polar surface area (TPSA) is 49.3 Å². The van der Waals surface area contributed by atoms with E-state index in [1.54, 1.807) is 0 Å². The highest BCUT2D eigenvalue weighted by Crippen LogP contribution is 2.07. The maximum absolute atomic E-state index is 10.6. The fourth-order valence-electron chi connectivity index (χ4n) is 0.988. The molecule has 0 saturated carbocycles. The molecule has 1 unspecified atom stereocenters. The van der Waals surface area contributed by atoms with Crippen molar-refractivity contribution in [1.29, 1.82) is 0 Å². The van der Waals surface area contributed by atoms with Gasteiger partial charge in [-0.25, -0.2) is 0 Å². The lowest BCUT2D eigenvalue weighted by atomic mass is 9.99. The minimum atomic E-state index is -0.749. The molecule has 0 aromatic heterocycles. The first-order valence-corrected chi connectivity index (χ1v) is 4.09. The van der Waals surface area contributed by atoms with Gasteiger partial charge in [0, 0.05) is 0 Å². The highest BCUT2D eigenvalue weighted by molar-refractivity contribution is 5.73. The number of carboxylic acid groups (broad SMARTS) is 1. The molecule has 0 aliphatic carbocycles. The van der Waals surface area contributed by atoms with Crippen molar-refractivity contribution in [2.45, 2.75) is 33.2 Å². The average molecular weight is 159 g/mol. The van der Waals surface area contributed by atoms with Crippen molar-refractivity contribution in [1.82, 2.24) is 5.32 Å². The zero-order valence-corrected chi connectivity index (χ0v) is 7.42. The Hall–Kier alpha value is -0.570. The number of carboxylic acids is 1. The number of hydrogen-bond acceptors (Lipinski definition) is 2. The van der Waals surface area contributed by atoms with Gasteiger partial charge in [-0.1, -0.05) is 27.2 Å². The van der Waals surface area contributed by atoms with Crippen molar-refractivity contribution in [2.24, 2.45) is 5.92 Å². The Kier molecular flexibility index (Phi) is 4.86. The van der Waals surface area contributed by atoms with E-state index in [-0.39, 0.29) is 12.0 Å². The van der Waals surface area contributed by atoms with Gasteiger partial charge in [0.2, 0.25) is 0 Å². The quantitative estimate of drug-likeness (QED) is 0.631. The predicted molar refractivity (Wildman–Crippen MR) is 44.6 cm³/mol. The molecule has 0 bridgehead atoms. The van der Waals surface area contributed by atoms with Crippen LogP contribution in [0, 0.1) is 5.92 Å². The fraction of sp³-hybridized carbons (Fsp3) is 0.875. The lowest BCUT2D eigenvalue weighted by Crippen LogP contribution is -2.41. The Morgan fingerprint density at radius 2 is 2.09 bits per heavy atom. The molecule has 0 amide bonds. The molecule has 11 heavy (non-hydrogen) atoms. The molecule has 0 spiro atoms. The van der Waals surface area contributed by atoms with E-state index in [0.29, 0.717) is 6.54 Å². The summed E-state index contributed by atoms with van der Waals surface area (Å²) in [4.78, 5) is 10.6. The van der Waals surface area contributed by atoms with Gasteiger partial charge in [0.1, 0.15) is 6.04 Å². The van der Waals surface area contributed by atoms with Crippen LogP contribution in [0.15, 0.2) is 0 Å². The van der Waals surface area contributed by atoms with Crippen molar-refractivity contribution in [3.05, 3.63) is 0 Å². The highest BCUT2D eigenvalue weighted by atomic mass is 16.4. The summed E-state index contributed by atoms with van der Waals surface area (Å²) in [6, 6.07) is -0.384. The zero-order chi connectivity index (χ0) is 8.85. The summed E-state index contributed by atoms with van der Waals surface area (Å²) in [6.07, 6.45) is 0.893. The van der Waals surface area contributed by atoms with Crippen LogP contribution >= 0.6 is 0 Å². The molecule has 2 atom stereocenters. The summed E-state index contributed by atoms with van der Waals surface area (Å²) in [6.45, 7) is 6.57. The molecular formula is C8H17NO2. The Labute approximate surface area is 67.8 Å². The molecule has 0 aromatic carbocycles. The van der Waals surface area contributed by atoms with E-state index in [4.69, 9.17) is 5.11 Å². The summed E-state index contributed by atoms with van der Waals surface area (Å²) in [5.74, 6) is -0.548. The van der Waals surface area contributed by atoms with Crippen LogP contribution in [0.1, 0.15) is 27.2 Å². The van der Waals surface area contributed by atoms with Crippen LogP contribution in [0.2, 0.25) is 0 Å². The van der Waals surface area contributed by atoms with Gasteiger partial charge >= 0.3 is 5.97 Å². The van der Waals surface area contributed by atoms with Crippen LogP contribution in [0.5, 0.6) is 0 Å². The molecule has 0 aliphatic heterocycles. The molecule has 3 nitrogen and oxygen atoms in total. The maximum atomic E-state index is 10.6. The van der Waals surface area contributed by atoms with Gasteiger partial charge in [-0.15, -0.1) is 0 Å². The van der Waals surface area contributed by atoms with Gasteiger partial charge in [-0.3, -0.25) is 4.79 Å². The largest absolute Gasteiger partial charge is 0.480 e. The van der Waals surface area contributed by atoms with Crippen LogP contribution in [-0.2, 0) is 4.79 Å².